The summed E-state index contributed by atoms with van der Waals surface area (Å²) in [5.41, 5.74) is 4.19. The molecule has 0 N–H and O–H groups in total. The molecule has 29 heavy (non-hydrogen) atoms. The van der Waals surface area contributed by atoms with Crippen molar-refractivity contribution in [3.63, 3.8) is 0 Å². The second-order valence-electron chi connectivity index (χ2n) is 7.46. The Kier molecular flexibility index (Phi) is 5.94. The van der Waals surface area contributed by atoms with Gasteiger partial charge < -0.3 is 4.90 Å². The molecular weight excluding hydrogens is 382 g/mol. The average molecular weight is 408 g/mol. The molecule has 2 aromatic carbocycles. The molecule has 4 rings (SSSR count). The van der Waals surface area contributed by atoms with Gasteiger partial charge in [0.1, 0.15) is 5.25 Å². The number of benzene rings is 2. The summed E-state index contributed by atoms with van der Waals surface area (Å²) in [6.45, 7) is 5.76. The molecule has 1 fully saturated rings. The Balaban J connectivity index is 1.67. The Bertz CT molecular complexity index is 982. The molecule has 1 aliphatic rings. The topological polar surface area (TPSA) is 63.9 Å². The number of rotatable bonds is 5. The maximum atomic E-state index is 13.4. The van der Waals surface area contributed by atoms with Crippen LogP contribution in [-0.4, -0.2) is 44.1 Å². The van der Waals surface area contributed by atoms with Crippen molar-refractivity contribution in [3.8, 4) is 5.69 Å². The second kappa shape index (κ2) is 8.78. The fourth-order valence-electron chi connectivity index (χ4n) is 3.72. The number of carbonyl (C=O) groups is 1. The number of tetrazole rings is 1. The van der Waals surface area contributed by atoms with Crippen LogP contribution in [0, 0.1) is 13.8 Å². The number of hydrogen-bond acceptors (Lipinski definition) is 5. The van der Waals surface area contributed by atoms with Crippen LogP contribution in [0.5, 0.6) is 0 Å². The highest BCUT2D eigenvalue weighted by Crippen LogP contribution is 2.37. The summed E-state index contributed by atoms with van der Waals surface area (Å²) in [6.07, 6.45) is 3.33. The first-order chi connectivity index (χ1) is 14.1. The fraction of sp³-hybridized carbons (Fsp3) is 0.364. The predicted molar refractivity (Wildman–Crippen MR) is 114 cm³/mol. The molecule has 1 amide bonds. The molecule has 7 heteroatoms. The summed E-state index contributed by atoms with van der Waals surface area (Å²) in [4.78, 5) is 15.4. The van der Waals surface area contributed by atoms with Crippen LogP contribution in [-0.2, 0) is 4.79 Å². The number of nitrogens with zero attached hydrogens (tertiary/aromatic N) is 5. The number of likely N-dealkylation sites (tertiary alicyclic amines) is 1. The van der Waals surface area contributed by atoms with Crippen LogP contribution in [0.4, 0.5) is 0 Å². The monoisotopic (exact) mass is 407 g/mol. The van der Waals surface area contributed by atoms with E-state index >= 15 is 0 Å². The molecule has 3 aromatic rings. The van der Waals surface area contributed by atoms with E-state index in [2.05, 4.69) is 28.5 Å². The highest BCUT2D eigenvalue weighted by molar-refractivity contribution is 8.00. The van der Waals surface area contributed by atoms with Crippen LogP contribution in [0.3, 0.4) is 0 Å². The number of carbonyl (C=O) groups excluding carboxylic acids is 1. The lowest BCUT2D eigenvalue weighted by Crippen LogP contribution is -2.38. The first-order valence-corrected chi connectivity index (χ1v) is 10.9. The summed E-state index contributed by atoms with van der Waals surface area (Å²) in [5.74, 6) is 0.135. The number of aryl methyl sites for hydroxylation is 2. The van der Waals surface area contributed by atoms with Gasteiger partial charge in [-0.25, -0.2) is 0 Å². The van der Waals surface area contributed by atoms with Crippen LogP contribution in [0.2, 0.25) is 0 Å². The minimum Gasteiger partial charge on any atom is -0.341 e. The zero-order chi connectivity index (χ0) is 20.2. The molecule has 0 spiro atoms. The lowest BCUT2D eigenvalue weighted by Gasteiger charge is -2.30. The first kappa shape index (κ1) is 19.6. The number of amides is 1. The molecular formula is C22H25N5OS. The highest BCUT2D eigenvalue weighted by atomic mass is 32.2. The van der Waals surface area contributed by atoms with E-state index in [0.29, 0.717) is 5.16 Å². The van der Waals surface area contributed by atoms with Crippen molar-refractivity contribution in [1.29, 1.82) is 0 Å². The van der Waals surface area contributed by atoms with E-state index in [1.54, 1.807) is 4.68 Å². The Morgan fingerprint density at radius 1 is 1.03 bits per heavy atom. The van der Waals surface area contributed by atoms with Gasteiger partial charge >= 0.3 is 0 Å². The van der Waals surface area contributed by atoms with Crippen LogP contribution >= 0.6 is 11.8 Å². The molecule has 0 radical (unpaired) electrons. The number of piperidine rings is 1. The van der Waals surface area contributed by atoms with Gasteiger partial charge in [-0.15, -0.1) is 5.10 Å². The van der Waals surface area contributed by atoms with Crippen molar-refractivity contribution in [1.82, 2.24) is 25.1 Å². The normalized spacial score (nSPS) is 15.3. The van der Waals surface area contributed by atoms with E-state index in [0.717, 1.165) is 42.7 Å². The summed E-state index contributed by atoms with van der Waals surface area (Å²) in [7, 11) is 0. The molecule has 1 atom stereocenters. The third-order valence-corrected chi connectivity index (χ3v) is 6.41. The van der Waals surface area contributed by atoms with Crippen molar-refractivity contribution in [2.75, 3.05) is 13.1 Å². The van der Waals surface area contributed by atoms with Crippen LogP contribution in [0.15, 0.2) is 53.7 Å². The van der Waals surface area contributed by atoms with E-state index < -0.39 is 0 Å². The van der Waals surface area contributed by atoms with Gasteiger partial charge in [-0.1, -0.05) is 59.8 Å². The summed E-state index contributed by atoms with van der Waals surface area (Å²) in [6, 6.07) is 16.1. The average Bonchev–Trinajstić information content (AvgIpc) is 3.21. The van der Waals surface area contributed by atoms with Crippen LogP contribution in [0.1, 0.15) is 41.2 Å². The van der Waals surface area contributed by atoms with Gasteiger partial charge in [0, 0.05) is 13.1 Å². The van der Waals surface area contributed by atoms with Gasteiger partial charge in [0.05, 0.1) is 5.69 Å². The Morgan fingerprint density at radius 2 is 1.79 bits per heavy atom. The van der Waals surface area contributed by atoms with Crippen LogP contribution < -0.4 is 0 Å². The largest absolute Gasteiger partial charge is 0.341 e. The fourth-order valence-corrected chi connectivity index (χ4v) is 4.79. The lowest BCUT2D eigenvalue weighted by atomic mass is 10.1. The van der Waals surface area contributed by atoms with Gasteiger partial charge in [-0.2, -0.15) is 4.68 Å². The Morgan fingerprint density at radius 3 is 2.52 bits per heavy atom. The minimum absolute atomic E-state index is 0.135. The van der Waals surface area contributed by atoms with Gasteiger partial charge in [0.2, 0.25) is 11.1 Å². The van der Waals surface area contributed by atoms with Crippen molar-refractivity contribution < 1.29 is 4.79 Å². The standard InChI is InChI=1S/C22H25N5OS/c1-16-11-12-19(17(2)15-16)27-22(23-24-25-27)29-20(18-9-5-3-6-10-18)21(28)26-13-7-4-8-14-26/h3,5-6,9-12,15,20H,4,7-8,13-14H2,1-2H3/t20-/m0/s1. The smallest absolute Gasteiger partial charge is 0.240 e. The van der Waals surface area contributed by atoms with Gasteiger partial charge in [0.15, 0.2) is 0 Å². The van der Waals surface area contributed by atoms with Crippen molar-refractivity contribution in [2.24, 2.45) is 0 Å². The number of thioether (sulfide) groups is 1. The molecule has 150 valence electrons. The molecule has 2 heterocycles. The van der Waals surface area contributed by atoms with Gasteiger partial charge in [-0.05, 0) is 60.7 Å². The molecule has 1 saturated heterocycles. The van der Waals surface area contributed by atoms with E-state index in [9.17, 15) is 4.79 Å². The summed E-state index contributed by atoms with van der Waals surface area (Å²) < 4.78 is 1.73. The molecule has 0 bridgehead atoms. The second-order valence-corrected chi connectivity index (χ2v) is 8.53. The van der Waals surface area contributed by atoms with Crippen molar-refractivity contribution >= 4 is 17.7 Å². The summed E-state index contributed by atoms with van der Waals surface area (Å²) >= 11 is 1.42. The first-order valence-electron chi connectivity index (χ1n) is 10.00. The molecule has 0 saturated carbocycles. The van der Waals surface area contributed by atoms with Crippen molar-refractivity contribution in [2.45, 2.75) is 43.5 Å². The Hall–Kier alpha value is -2.67. The van der Waals surface area contributed by atoms with E-state index in [1.165, 1.54) is 23.7 Å². The van der Waals surface area contributed by atoms with Gasteiger partial charge in [-0.3, -0.25) is 4.79 Å². The molecule has 0 unspecified atom stereocenters. The third kappa shape index (κ3) is 4.34. The Labute approximate surface area is 175 Å². The van der Waals surface area contributed by atoms with E-state index in [-0.39, 0.29) is 11.2 Å². The van der Waals surface area contributed by atoms with Gasteiger partial charge in [0.25, 0.3) is 0 Å². The van der Waals surface area contributed by atoms with Crippen molar-refractivity contribution in [3.05, 3.63) is 65.2 Å². The van der Waals surface area contributed by atoms with Crippen LogP contribution in [0.25, 0.3) is 5.69 Å². The maximum Gasteiger partial charge on any atom is 0.240 e. The maximum absolute atomic E-state index is 13.4. The molecule has 6 nitrogen and oxygen atoms in total. The zero-order valence-electron chi connectivity index (χ0n) is 16.8. The number of aromatic nitrogens is 4. The molecule has 1 aliphatic heterocycles. The highest BCUT2D eigenvalue weighted by Gasteiger charge is 2.30. The zero-order valence-corrected chi connectivity index (χ0v) is 17.6. The SMILES string of the molecule is Cc1ccc(-n2nnnc2S[C@H](C(=O)N2CCCCC2)c2ccccc2)c(C)c1. The molecule has 1 aromatic heterocycles. The van der Waals surface area contributed by atoms with E-state index in [1.807, 2.05) is 54.3 Å². The number of hydrogen-bond donors (Lipinski definition) is 0. The predicted octanol–water partition coefficient (Wildman–Crippen LogP) is 4.13. The summed E-state index contributed by atoms with van der Waals surface area (Å²) in [5, 5.41) is 12.6. The molecule has 0 aliphatic carbocycles. The third-order valence-electron chi connectivity index (χ3n) is 5.24. The van der Waals surface area contributed by atoms with E-state index in [4.69, 9.17) is 0 Å². The lowest BCUT2D eigenvalue weighted by molar-refractivity contribution is -0.131. The minimum atomic E-state index is -0.371. The quantitative estimate of drug-likeness (QED) is 0.595.